The molecule has 142 valence electrons. The van der Waals surface area contributed by atoms with Crippen molar-refractivity contribution in [3.05, 3.63) is 53.1 Å². The van der Waals surface area contributed by atoms with Gasteiger partial charge in [0.2, 0.25) is 5.91 Å². The van der Waals surface area contributed by atoms with E-state index in [0.29, 0.717) is 35.3 Å². The number of hydrogen-bond acceptors (Lipinski definition) is 3. The van der Waals surface area contributed by atoms with Crippen LogP contribution in [0.2, 0.25) is 5.02 Å². The largest absolute Gasteiger partial charge is 0.484 e. The van der Waals surface area contributed by atoms with Gasteiger partial charge in [-0.2, -0.15) is 0 Å². The lowest BCUT2D eigenvalue weighted by Crippen LogP contribution is -2.24. The molecule has 2 amide bonds. The summed E-state index contributed by atoms with van der Waals surface area (Å²) in [6, 6.07) is 12.9. The van der Waals surface area contributed by atoms with Crippen LogP contribution >= 0.6 is 11.6 Å². The fourth-order valence-electron chi connectivity index (χ4n) is 2.98. The molecule has 0 bridgehead atoms. The molecule has 1 N–H and O–H groups in total. The molecule has 0 aliphatic carbocycles. The lowest BCUT2D eigenvalue weighted by molar-refractivity contribution is -0.118. The number of carbonyl (C=O) groups excluding carboxylic acids is 2. The van der Waals surface area contributed by atoms with Crippen molar-refractivity contribution in [2.24, 2.45) is 0 Å². The van der Waals surface area contributed by atoms with Gasteiger partial charge in [-0.3, -0.25) is 9.59 Å². The molecule has 0 radical (unpaired) electrons. The van der Waals surface area contributed by atoms with Crippen molar-refractivity contribution in [1.29, 1.82) is 0 Å². The smallest absolute Gasteiger partial charge is 0.262 e. The third-order valence-corrected chi connectivity index (χ3v) is 4.86. The summed E-state index contributed by atoms with van der Waals surface area (Å²) < 4.78 is 5.54. The van der Waals surface area contributed by atoms with E-state index in [0.717, 1.165) is 12.1 Å². The predicted octanol–water partition coefficient (Wildman–Crippen LogP) is 4.61. The second kappa shape index (κ2) is 8.44. The van der Waals surface area contributed by atoms with E-state index in [-0.39, 0.29) is 18.4 Å². The van der Waals surface area contributed by atoms with E-state index in [1.54, 1.807) is 23.1 Å². The number of carbonyl (C=O) groups is 2. The van der Waals surface area contributed by atoms with Gasteiger partial charge in [-0.15, -0.1) is 0 Å². The van der Waals surface area contributed by atoms with Gasteiger partial charge in [-0.05, 0) is 48.2 Å². The first-order valence-electron chi connectivity index (χ1n) is 9.06. The molecule has 0 atom stereocenters. The standard InChI is InChI=1S/C21H23ClN2O3/c1-14(2)15-5-8-17(9-6-15)27-13-20(25)23-19-12-16(7-10-18(19)22)24-11-3-4-21(24)26/h5-10,12,14H,3-4,11,13H2,1-2H3,(H,23,25). The Balaban J connectivity index is 1.61. The Labute approximate surface area is 164 Å². The quantitative estimate of drug-likeness (QED) is 0.788. The fraction of sp³-hybridized carbons (Fsp3) is 0.333. The van der Waals surface area contributed by atoms with Crippen molar-refractivity contribution in [1.82, 2.24) is 0 Å². The van der Waals surface area contributed by atoms with Crippen LogP contribution in [0.5, 0.6) is 5.75 Å². The summed E-state index contributed by atoms with van der Waals surface area (Å²) in [4.78, 5) is 25.8. The number of nitrogens with one attached hydrogen (secondary N) is 1. The van der Waals surface area contributed by atoms with Gasteiger partial charge in [-0.1, -0.05) is 37.6 Å². The molecule has 27 heavy (non-hydrogen) atoms. The lowest BCUT2D eigenvalue weighted by Gasteiger charge is -2.17. The average Bonchev–Trinajstić information content (AvgIpc) is 3.08. The van der Waals surface area contributed by atoms with E-state index in [1.807, 2.05) is 24.3 Å². The number of benzene rings is 2. The predicted molar refractivity (Wildman–Crippen MR) is 108 cm³/mol. The molecule has 2 aromatic carbocycles. The first-order valence-corrected chi connectivity index (χ1v) is 9.44. The third-order valence-electron chi connectivity index (χ3n) is 4.53. The molecule has 1 aliphatic rings. The molecular weight excluding hydrogens is 364 g/mol. The Morgan fingerprint density at radius 3 is 2.59 bits per heavy atom. The Kier molecular flexibility index (Phi) is 6.01. The van der Waals surface area contributed by atoms with Crippen molar-refractivity contribution in [3.63, 3.8) is 0 Å². The van der Waals surface area contributed by atoms with Crippen molar-refractivity contribution in [3.8, 4) is 5.75 Å². The Bertz CT molecular complexity index is 834. The van der Waals surface area contributed by atoms with Crippen LogP contribution in [0.15, 0.2) is 42.5 Å². The normalized spacial score (nSPS) is 13.9. The molecular formula is C21H23ClN2O3. The molecule has 6 heteroatoms. The van der Waals surface area contributed by atoms with Gasteiger partial charge in [0.05, 0.1) is 10.7 Å². The molecule has 1 fully saturated rings. The molecule has 0 unspecified atom stereocenters. The highest BCUT2D eigenvalue weighted by atomic mass is 35.5. The van der Waals surface area contributed by atoms with E-state index < -0.39 is 0 Å². The van der Waals surface area contributed by atoms with Crippen LogP contribution in [0.3, 0.4) is 0 Å². The minimum atomic E-state index is -0.310. The number of ether oxygens (including phenoxy) is 1. The topological polar surface area (TPSA) is 58.6 Å². The maximum Gasteiger partial charge on any atom is 0.262 e. The molecule has 0 aromatic heterocycles. The SMILES string of the molecule is CC(C)c1ccc(OCC(=O)Nc2cc(N3CCCC3=O)ccc2Cl)cc1. The number of halogens is 1. The van der Waals surface area contributed by atoms with Crippen LogP contribution in [0.25, 0.3) is 0 Å². The Morgan fingerprint density at radius 1 is 1.22 bits per heavy atom. The van der Waals surface area contributed by atoms with E-state index >= 15 is 0 Å². The number of rotatable bonds is 6. The number of amides is 2. The van der Waals surface area contributed by atoms with Gasteiger partial charge in [0.25, 0.3) is 5.91 Å². The maximum atomic E-state index is 12.2. The second-order valence-electron chi connectivity index (χ2n) is 6.87. The van der Waals surface area contributed by atoms with Gasteiger partial charge in [0, 0.05) is 18.7 Å². The van der Waals surface area contributed by atoms with Gasteiger partial charge >= 0.3 is 0 Å². The highest BCUT2D eigenvalue weighted by molar-refractivity contribution is 6.33. The van der Waals surface area contributed by atoms with Crippen molar-refractivity contribution < 1.29 is 14.3 Å². The molecule has 0 spiro atoms. The van der Waals surface area contributed by atoms with Gasteiger partial charge in [0.1, 0.15) is 5.75 Å². The Morgan fingerprint density at radius 2 is 1.96 bits per heavy atom. The Hall–Kier alpha value is -2.53. The van der Waals surface area contributed by atoms with Gasteiger partial charge < -0.3 is 15.0 Å². The van der Waals surface area contributed by atoms with Crippen molar-refractivity contribution >= 4 is 34.8 Å². The fourth-order valence-corrected chi connectivity index (χ4v) is 3.15. The van der Waals surface area contributed by atoms with Crippen LogP contribution in [0.1, 0.15) is 38.2 Å². The maximum absolute atomic E-state index is 12.2. The zero-order chi connectivity index (χ0) is 19.4. The molecule has 1 aliphatic heterocycles. The summed E-state index contributed by atoms with van der Waals surface area (Å²) in [5, 5.41) is 3.17. The minimum Gasteiger partial charge on any atom is -0.484 e. The summed E-state index contributed by atoms with van der Waals surface area (Å²) in [7, 11) is 0. The lowest BCUT2D eigenvalue weighted by atomic mass is 10.0. The molecule has 1 heterocycles. The summed E-state index contributed by atoms with van der Waals surface area (Å²) in [5.74, 6) is 0.855. The van der Waals surface area contributed by atoms with Crippen LogP contribution in [0, 0.1) is 0 Å². The second-order valence-corrected chi connectivity index (χ2v) is 7.28. The van der Waals surface area contributed by atoms with Crippen LogP contribution in [-0.4, -0.2) is 25.0 Å². The summed E-state index contributed by atoms with van der Waals surface area (Å²) in [6.07, 6.45) is 1.39. The van der Waals surface area contributed by atoms with E-state index in [1.165, 1.54) is 5.56 Å². The van der Waals surface area contributed by atoms with Gasteiger partial charge in [0.15, 0.2) is 6.61 Å². The molecule has 1 saturated heterocycles. The highest BCUT2D eigenvalue weighted by Gasteiger charge is 2.22. The van der Waals surface area contributed by atoms with E-state index in [4.69, 9.17) is 16.3 Å². The van der Waals surface area contributed by atoms with Crippen LogP contribution in [0.4, 0.5) is 11.4 Å². The molecule has 3 rings (SSSR count). The zero-order valence-electron chi connectivity index (χ0n) is 15.5. The molecule has 5 nitrogen and oxygen atoms in total. The molecule has 0 saturated carbocycles. The van der Waals surface area contributed by atoms with Gasteiger partial charge in [-0.25, -0.2) is 0 Å². The average molecular weight is 387 g/mol. The number of nitrogens with zero attached hydrogens (tertiary/aromatic N) is 1. The molecule has 2 aromatic rings. The van der Waals surface area contributed by atoms with Crippen LogP contribution in [-0.2, 0) is 9.59 Å². The summed E-state index contributed by atoms with van der Waals surface area (Å²) >= 11 is 6.19. The monoisotopic (exact) mass is 386 g/mol. The van der Waals surface area contributed by atoms with Crippen LogP contribution < -0.4 is 15.0 Å². The highest BCUT2D eigenvalue weighted by Crippen LogP contribution is 2.30. The van der Waals surface area contributed by atoms with E-state index in [9.17, 15) is 9.59 Å². The number of hydrogen-bond donors (Lipinski definition) is 1. The summed E-state index contributed by atoms with van der Waals surface area (Å²) in [6.45, 7) is 4.81. The third kappa shape index (κ3) is 4.80. The van der Waals surface area contributed by atoms with Crippen molar-refractivity contribution in [2.45, 2.75) is 32.6 Å². The minimum absolute atomic E-state index is 0.0859. The first kappa shape index (κ1) is 19.2. The zero-order valence-corrected chi connectivity index (χ0v) is 16.3. The number of anilines is 2. The van der Waals surface area contributed by atoms with Crippen molar-refractivity contribution in [2.75, 3.05) is 23.4 Å². The van der Waals surface area contributed by atoms with E-state index in [2.05, 4.69) is 19.2 Å². The first-order chi connectivity index (χ1) is 12.9. The summed E-state index contributed by atoms with van der Waals surface area (Å²) in [5.41, 5.74) is 2.42.